The standard InChI is InChI=1S/C17H12F3NO2/c18-17(19,20)11-5-3-4-10(8-11)9-13-12-6-1-2-7-14(12)21-15(13)16(22)23/h1-8,21H,9H2,(H,22,23). The summed E-state index contributed by atoms with van der Waals surface area (Å²) in [5, 5.41) is 10.0. The van der Waals surface area contributed by atoms with E-state index in [1.54, 1.807) is 30.3 Å². The lowest BCUT2D eigenvalue weighted by molar-refractivity contribution is -0.137. The highest BCUT2D eigenvalue weighted by Gasteiger charge is 2.30. The Labute approximate surface area is 129 Å². The zero-order chi connectivity index (χ0) is 16.6. The van der Waals surface area contributed by atoms with E-state index >= 15 is 0 Å². The lowest BCUT2D eigenvalue weighted by Gasteiger charge is -2.09. The molecule has 3 nitrogen and oxygen atoms in total. The summed E-state index contributed by atoms with van der Waals surface area (Å²) in [5.41, 5.74) is 0.793. The Balaban J connectivity index is 2.08. The van der Waals surface area contributed by atoms with Gasteiger partial charge < -0.3 is 10.1 Å². The molecule has 0 saturated heterocycles. The Morgan fingerprint density at radius 2 is 1.83 bits per heavy atom. The van der Waals surface area contributed by atoms with Gasteiger partial charge in [-0.25, -0.2) is 4.79 Å². The quantitative estimate of drug-likeness (QED) is 0.748. The fourth-order valence-corrected chi connectivity index (χ4v) is 2.63. The van der Waals surface area contributed by atoms with Crippen molar-refractivity contribution in [3.8, 4) is 0 Å². The van der Waals surface area contributed by atoms with Gasteiger partial charge in [0.2, 0.25) is 0 Å². The molecule has 0 bridgehead atoms. The number of halogens is 3. The molecule has 0 fully saturated rings. The largest absolute Gasteiger partial charge is 0.477 e. The number of hydrogen-bond donors (Lipinski definition) is 2. The molecule has 3 rings (SSSR count). The number of alkyl halides is 3. The van der Waals surface area contributed by atoms with Crippen LogP contribution in [0, 0.1) is 0 Å². The van der Waals surface area contributed by atoms with Crippen molar-refractivity contribution in [2.45, 2.75) is 12.6 Å². The van der Waals surface area contributed by atoms with Crippen LogP contribution >= 0.6 is 0 Å². The van der Waals surface area contributed by atoms with Gasteiger partial charge in [-0.05, 0) is 23.3 Å². The van der Waals surface area contributed by atoms with Gasteiger partial charge in [0.25, 0.3) is 0 Å². The smallest absolute Gasteiger partial charge is 0.416 e. The van der Waals surface area contributed by atoms with E-state index in [9.17, 15) is 23.1 Å². The van der Waals surface area contributed by atoms with Gasteiger partial charge in [-0.1, -0.05) is 36.4 Å². The first kappa shape index (κ1) is 15.1. The van der Waals surface area contributed by atoms with Gasteiger partial charge >= 0.3 is 12.1 Å². The van der Waals surface area contributed by atoms with Crippen LogP contribution in [0.1, 0.15) is 27.2 Å². The number of H-pyrrole nitrogens is 1. The first-order chi connectivity index (χ1) is 10.9. The van der Waals surface area contributed by atoms with E-state index in [0.29, 0.717) is 22.0 Å². The summed E-state index contributed by atoms with van der Waals surface area (Å²) in [4.78, 5) is 14.2. The third-order valence-corrected chi connectivity index (χ3v) is 3.66. The van der Waals surface area contributed by atoms with Crippen molar-refractivity contribution in [2.75, 3.05) is 0 Å². The number of rotatable bonds is 3. The second kappa shape index (κ2) is 5.46. The number of aromatic nitrogens is 1. The van der Waals surface area contributed by atoms with Crippen molar-refractivity contribution in [3.63, 3.8) is 0 Å². The molecular formula is C17H12F3NO2. The SMILES string of the molecule is O=C(O)c1[nH]c2ccccc2c1Cc1cccc(C(F)(F)F)c1. The van der Waals surface area contributed by atoms with E-state index in [1.807, 2.05) is 0 Å². The van der Waals surface area contributed by atoms with Gasteiger partial charge in [0.15, 0.2) is 0 Å². The number of aromatic carboxylic acids is 1. The number of benzene rings is 2. The topological polar surface area (TPSA) is 53.1 Å². The minimum Gasteiger partial charge on any atom is -0.477 e. The fourth-order valence-electron chi connectivity index (χ4n) is 2.63. The van der Waals surface area contributed by atoms with Gasteiger partial charge in [0.05, 0.1) is 5.56 Å². The molecule has 0 aliphatic carbocycles. The lowest BCUT2D eigenvalue weighted by atomic mass is 10.00. The predicted octanol–water partition coefficient (Wildman–Crippen LogP) is 4.48. The highest BCUT2D eigenvalue weighted by atomic mass is 19.4. The van der Waals surface area contributed by atoms with E-state index in [-0.39, 0.29) is 12.1 Å². The number of hydrogen-bond acceptors (Lipinski definition) is 1. The van der Waals surface area contributed by atoms with Crippen LogP contribution in [0.25, 0.3) is 10.9 Å². The number of para-hydroxylation sites is 1. The lowest BCUT2D eigenvalue weighted by Crippen LogP contribution is -2.06. The molecule has 0 unspecified atom stereocenters. The van der Waals surface area contributed by atoms with Crippen LogP contribution in [-0.2, 0) is 12.6 Å². The highest BCUT2D eigenvalue weighted by Crippen LogP contribution is 2.31. The van der Waals surface area contributed by atoms with E-state index in [0.717, 1.165) is 12.1 Å². The van der Waals surface area contributed by atoms with Gasteiger partial charge in [-0.2, -0.15) is 13.2 Å². The van der Waals surface area contributed by atoms with Gasteiger partial charge in [0, 0.05) is 17.3 Å². The highest BCUT2D eigenvalue weighted by molar-refractivity contribution is 5.97. The number of nitrogens with one attached hydrogen (secondary N) is 1. The Morgan fingerprint density at radius 3 is 2.52 bits per heavy atom. The Kier molecular flexibility index (Phi) is 3.60. The summed E-state index contributed by atoms with van der Waals surface area (Å²) < 4.78 is 38.4. The van der Waals surface area contributed by atoms with Crippen LogP contribution in [0.5, 0.6) is 0 Å². The van der Waals surface area contributed by atoms with Gasteiger partial charge in [0.1, 0.15) is 5.69 Å². The normalized spacial score (nSPS) is 11.8. The zero-order valence-electron chi connectivity index (χ0n) is 11.8. The molecule has 118 valence electrons. The van der Waals surface area contributed by atoms with E-state index < -0.39 is 17.7 Å². The molecule has 1 aromatic heterocycles. The van der Waals surface area contributed by atoms with E-state index in [2.05, 4.69) is 4.98 Å². The second-order valence-electron chi connectivity index (χ2n) is 5.20. The maximum absolute atomic E-state index is 12.8. The van der Waals surface area contributed by atoms with Crippen LogP contribution in [0.4, 0.5) is 13.2 Å². The maximum Gasteiger partial charge on any atom is 0.416 e. The minimum absolute atomic E-state index is 0.00334. The summed E-state index contributed by atoms with van der Waals surface area (Å²) in [6, 6.07) is 11.9. The summed E-state index contributed by atoms with van der Waals surface area (Å²) >= 11 is 0. The summed E-state index contributed by atoms with van der Waals surface area (Å²) in [6.07, 6.45) is -4.32. The van der Waals surface area contributed by atoms with Gasteiger partial charge in [-0.15, -0.1) is 0 Å². The van der Waals surface area contributed by atoms with Crippen LogP contribution in [0.15, 0.2) is 48.5 Å². The molecule has 1 heterocycles. The fraction of sp³-hybridized carbons (Fsp3) is 0.118. The average Bonchev–Trinajstić information content (AvgIpc) is 2.86. The second-order valence-corrected chi connectivity index (χ2v) is 5.20. The molecule has 0 saturated carbocycles. The van der Waals surface area contributed by atoms with Crippen molar-refractivity contribution >= 4 is 16.9 Å². The number of aromatic amines is 1. The van der Waals surface area contributed by atoms with Crippen molar-refractivity contribution in [1.29, 1.82) is 0 Å². The minimum atomic E-state index is -4.42. The molecule has 0 aliphatic heterocycles. The Bertz CT molecular complexity index is 881. The molecule has 2 N–H and O–H groups in total. The molecule has 0 spiro atoms. The third kappa shape index (κ3) is 2.92. The first-order valence-corrected chi connectivity index (χ1v) is 6.85. The van der Waals surface area contributed by atoms with E-state index in [1.165, 1.54) is 6.07 Å². The molecule has 0 atom stereocenters. The molecule has 2 aromatic carbocycles. The molecule has 6 heteroatoms. The van der Waals surface area contributed by atoms with Crippen molar-refractivity contribution in [2.24, 2.45) is 0 Å². The third-order valence-electron chi connectivity index (χ3n) is 3.66. The monoisotopic (exact) mass is 319 g/mol. The van der Waals surface area contributed by atoms with Crippen LogP contribution in [0.3, 0.4) is 0 Å². The molecular weight excluding hydrogens is 307 g/mol. The van der Waals surface area contributed by atoms with E-state index in [4.69, 9.17) is 0 Å². The Hall–Kier alpha value is -2.76. The summed E-state index contributed by atoms with van der Waals surface area (Å²) in [7, 11) is 0. The van der Waals surface area contributed by atoms with Crippen LogP contribution < -0.4 is 0 Å². The molecule has 0 aliphatic rings. The molecule has 23 heavy (non-hydrogen) atoms. The predicted molar refractivity (Wildman–Crippen MR) is 79.5 cm³/mol. The number of carbonyl (C=O) groups is 1. The zero-order valence-corrected chi connectivity index (χ0v) is 11.8. The van der Waals surface area contributed by atoms with Crippen LogP contribution in [0.2, 0.25) is 0 Å². The molecule has 0 radical (unpaired) electrons. The van der Waals surface area contributed by atoms with Crippen molar-refractivity contribution in [1.82, 2.24) is 4.98 Å². The first-order valence-electron chi connectivity index (χ1n) is 6.85. The van der Waals surface area contributed by atoms with Crippen molar-refractivity contribution < 1.29 is 23.1 Å². The molecule has 0 amide bonds. The molecule has 3 aromatic rings. The summed E-state index contributed by atoms with van der Waals surface area (Å²) in [6.45, 7) is 0. The summed E-state index contributed by atoms with van der Waals surface area (Å²) in [5.74, 6) is -1.14. The maximum atomic E-state index is 12.8. The van der Waals surface area contributed by atoms with Crippen molar-refractivity contribution in [3.05, 3.63) is 70.9 Å². The van der Waals surface area contributed by atoms with Gasteiger partial charge in [-0.3, -0.25) is 0 Å². The number of fused-ring (bicyclic) bond motifs is 1. The Morgan fingerprint density at radius 1 is 1.09 bits per heavy atom. The number of carboxylic acid groups (broad SMARTS) is 1. The van der Waals surface area contributed by atoms with Crippen LogP contribution in [-0.4, -0.2) is 16.1 Å². The number of carboxylic acids is 1. The average molecular weight is 319 g/mol.